The molecule has 2 aliphatic rings. The first kappa shape index (κ1) is 13.2. The molecule has 1 aromatic carbocycles. The van der Waals surface area contributed by atoms with Crippen molar-refractivity contribution >= 4 is 11.6 Å². The van der Waals surface area contributed by atoms with E-state index in [0.717, 1.165) is 43.7 Å². The van der Waals surface area contributed by atoms with Crippen molar-refractivity contribution in [1.82, 2.24) is 4.90 Å². The average molecular weight is 282 g/mol. The molecule has 0 bridgehead atoms. The molecule has 3 rings (SSSR count). The number of nitrogens with zero attached hydrogens (tertiary/aromatic N) is 1. The first-order valence-electron chi connectivity index (χ1n) is 6.93. The van der Waals surface area contributed by atoms with E-state index >= 15 is 0 Å². The fraction of sp³-hybridized carbons (Fsp3) is 0.600. The van der Waals surface area contributed by atoms with E-state index in [1.807, 2.05) is 18.2 Å². The van der Waals surface area contributed by atoms with Gasteiger partial charge >= 0.3 is 0 Å². The summed E-state index contributed by atoms with van der Waals surface area (Å²) in [6.45, 7) is 2.13. The van der Waals surface area contributed by atoms with Crippen LogP contribution in [0.5, 0.6) is 5.75 Å². The summed E-state index contributed by atoms with van der Waals surface area (Å²) in [5.41, 5.74) is 0.626. The van der Waals surface area contributed by atoms with Crippen LogP contribution in [0.1, 0.15) is 37.4 Å². The second-order valence-electron chi connectivity index (χ2n) is 5.84. The minimum atomic E-state index is -0.467. The summed E-state index contributed by atoms with van der Waals surface area (Å²) in [6.07, 6.45) is 3.31. The van der Waals surface area contributed by atoms with E-state index in [9.17, 15) is 5.11 Å². The van der Waals surface area contributed by atoms with E-state index in [1.54, 1.807) is 0 Å². The predicted octanol–water partition coefficient (Wildman–Crippen LogP) is 3.01. The summed E-state index contributed by atoms with van der Waals surface area (Å²) >= 11 is 5.99. The van der Waals surface area contributed by atoms with Gasteiger partial charge in [-0.2, -0.15) is 0 Å². The van der Waals surface area contributed by atoms with Crippen LogP contribution in [-0.2, 0) is 0 Å². The monoisotopic (exact) mass is 281 g/mol. The van der Waals surface area contributed by atoms with Crippen molar-refractivity contribution in [3.63, 3.8) is 0 Å². The van der Waals surface area contributed by atoms with Crippen LogP contribution in [0.3, 0.4) is 0 Å². The molecule has 1 unspecified atom stereocenters. The zero-order valence-corrected chi connectivity index (χ0v) is 12.0. The zero-order valence-electron chi connectivity index (χ0n) is 11.2. The van der Waals surface area contributed by atoms with E-state index in [1.165, 1.54) is 0 Å². The van der Waals surface area contributed by atoms with Crippen molar-refractivity contribution in [3.8, 4) is 5.75 Å². The smallest absolute Gasteiger partial charge is 0.126 e. The van der Waals surface area contributed by atoms with Crippen molar-refractivity contribution in [1.29, 1.82) is 0 Å². The molecule has 104 valence electrons. The predicted molar refractivity (Wildman–Crippen MR) is 75.7 cm³/mol. The molecule has 0 saturated carbocycles. The Hall–Kier alpha value is -0.770. The van der Waals surface area contributed by atoms with Crippen LogP contribution in [-0.4, -0.2) is 35.7 Å². The van der Waals surface area contributed by atoms with Gasteiger partial charge in [0.05, 0.1) is 6.10 Å². The second-order valence-corrected chi connectivity index (χ2v) is 6.28. The van der Waals surface area contributed by atoms with Gasteiger partial charge in [0.25, 0.3) is 0 Å². The molecule has 0 aromatic heterocycles. The molecule has 0 radical (unpaired) electrons. The van der Waals surface area contributed by atoms with Gasteiger partial charge in [-0.05, 0) is 51.1 Å². The van der Waals surface area contributed by atoms with Crippen LogP contribution in [0.4, 0.5) is 0 Å². The Bertz CT molecular complexity index is 479. The number of likely N-dealkylation sites (tertiary alicyclic amines) is 1. The number of hydrogen-bond acceptors (Lipinski definition) is 3. The molecule has 2 heterocycles. The quantitative estimate of drug-likeness (QED) is 0.793. The Kier molecular flexibility index (Phi) is 3.46. The average Bonchev–Trinajstić information content (AvgIpc) is 2.54. The van der Waals surface area contributed by atoms with Crippen LogP contribution in [0.15, 0.2) is 18.2 Å². The van der Waals surface area contributed by atoms with Gasteiger partial charge in [0.1, 0.15) is 11.4 Å². The van der Waals surface area contributed by atoms with Gasteiger partial charge in [0.2, 0.25) is 0 Å². The molecule has 0 amide bonds. The van der Waals surface area contributed by atoms with Gasteiger partial charge in [-0.25, -0.2) is 0 Å². The standard InChI is InChI=1S/C15H20ClNO2/c1-17-7-2-5-15(6-8-17)10-13(18)12-9-11(16)3-4-14(12)19-15/h3-4,9,13,18H,2,5-8,10H2,1H3/t13-,15?/m0/s1. The van der Waals surface area contributed by atoms with Gasteiger partial charge < -0.3 is 14.7 Å². The Morgan fingerprint density at radius 2 is 2.21 bits per heavy atom. The molecule has 1 spiro atoms. The second kappa shape index (κ2) is 4.97. The number of halogens is 1. The summed E-state index contributed by atoms with van der Waals surface area (Å²) in [7, 11) is 2.14. The lowest BCUT2D eigenvalue weighted by Crippen LogP contribution is -2.41. The highest BCUT2D eigenvalue weighted by molar-refractivity contribution is 6.30. The lowest BCUT2D eigenvalue weighted by molar-refractivity contribution is -0.0235. The minimum absolute atomic E-state index is 0.203. The summed E-state index contributed by atoms with van der Waals surface area (Å²) < 4.78 is 6.27. The summed E-state index contributed by atoms with van der Waals surface area (Å²) in [6, 6.07) is 5.53. The Morgan fingerprint density at radius 3 is 3.05 bits per heavy atom. The maximum absolute atomic E-state index is 10.4. The van der Waals surface area contributed by atoms with E-state index in [4.69, 9.17) is 16.3 Å². The zero-order chi connectivity index (χ0) is 13.5. The fourth-order valence-corrected chi connectivity index (χ4v) is 3.40. The van der Waals surface area contributed by atoms with Crippen molar-refractivity contribution in [2.24, 2.45) is 0 Å². The molecule has 19 heavy (non-hydrogen) atoms. The molecule has 1 N–H and O–H groups in total. The Labute approximate surface area is 119 Å². The van der Waals surface area contributed by atoms with Crippen molar-refractivity contribution in [2.75, 3.05) is 20.1 Å². The number of rotatable bonds is 0. The largest absolute Gasteiger partial charge is 0.487 e. The van der Waals surface area contributed by atoms with Crippen LogP contribution in [0, 0.1) is 0 Å². The number of fused-ring (bicyclic) bond motifs is 1. The Balaban J connectivity index is 1.89. The molecular weight excluding hydrogens is 262 g/mol. The van der Waals surface area contributed by atoms with E-state index in [0.29, 0.717) is 11.4 Å². The van der Waals surface area contributed by atoms with Crippen molar-refractivity contribution in [3.05, 3.63) is 28.8 Å². The molecule has 2 aliphatic heterocycles. The number of aliphatic hydroxyl groups is 1. The molecule has 1 fully saturated rings. The van der Waals surface area contributed by atoms with Gasteiger partial charge in [-0.1, -0.05) is 11.6 Å². The third kappa shape index (κ3) is 2.60. The van der Waals surface area contributed by atoms with Crippen LogP contribution >= 0.6 is 11.6 Å². The van der Waals surface area contributed by atoms with Gasteiger partial charge in [0.15, 0.2) is 0 Å². The van der Waals surface area contributed by atoms with Crippen molar-refractivity contribution in [2.45, 2.75) is 37.4 Å². The van der Waals surface area contributed by atoms with Gasteiger partial charge in [-0.3, -0.25) is 0 Å². The van der Waals surface area contributed by atoms with E-state index in [-0.39, 0.29) is 5.60 Å². The maximum atomic E-state index is 10.4. The number of hydrogen-bond donors (Lipinski definition) is 1. The molecule has 2 atom stereocenters. The highest BCUT2D eigenvalue weighted by Crippen LogP contribution is 2.44. The van der Waals surface area contributed by atoms with E-state index in [2.05, 4.69) is 11.9 Å². The third-order valence-corrected chi connectivity index (χ3v) is 4.58. The first-order valence-corrected chi connectivity index (χ1v) is 7.31. The molecule has 4 heteroatoms. The summed E-state index contributed by atoms with van der Waals surface area (Å²) in [5.74, 6) is 0.799. The lowest BCUT2D eigenvalue weighted by Gasteiger charge is -2.40. The van der Waals surface area contributed by atoms with Crippen LogP contribution < -0.4 is 4.74 Å². The SMILES string of the molecule is CN1CCCC2(CC1)C[C@H](O)c1cc(Cl)ccc1O2. The Morgan fingerprint density at radius 1 is 1.37 bits per heavy atom. The number of ether oxygens (including phenoxy) is 1. The number of aliphatic hydroxyl groups excluding tert-OH is 1. The van der Waals surface area contributed by atoms with E-state index < -0.39 is 6.10 Å². The lowest BCUT2D eigenvalue weighted by atomic mass is 9.83. The molecular formula is C15H20ClNO2. The summed E-state index contributed by atoms with van der Waals surface area (Å²) in [5, 5.41) is 11.1. The maximum Gasteiger partial charge on any atom is 0.126 e. The van der Waals surface area contributed by atoms with Crippen LogP contribution in [0.2, 0.25) is 5.02 Å². The molecule has 1 aromatic rings. The third-order valence-electron chi connectivity index (χ3n) is 4.34. The fourth-order valence-electron chi connectivity index (χ4n) is 3.22. The van der Waals surface area contributed by atoms with Gasteiger partial charge in [0, 0.05) is 23.6 Å². The number of benzene rings is 1. The molecule has 1 saturated heterocycles. The summed E-state index contributed by atoms with van der Waals surface area (Å²) in [4.78, 5) is 2.34. The molecule has 3 nitrogen and oxygen atoms in total. The van der Waals surface area contributed by atoms with Crippen molar-refractivity contribution < 1.29 is 9.84 Å². The first-order chi connectivity index (χ1) is 9.08. The molecule has 0 aliphatic carbocycles. The highest BCUT2D eigenvalue weighted by atomic mass is 35.5. The highest BCUT2D eigenvalue weighted by Gasteiger charge is 2.41. The normalized spacial score (nSPS) is 31.6. The minimum Gasteiger partial charge on any atom is -0.487 e. The van der Waals surface area contributed by atoms with Crippen LogP contribution in [0.25, 0.3) is 0 Å². The van der Waals surface area contributed by atoms with Gasteiger partial charge in [-0.15, -0.1) is 0 Å². The topological polar surface area (TPSA) is 32.7 Å².